The van der Waals surface area contributed by atoms with E-state index < -0.39 is 5.41 Å². The molecule has 0 unspecified atom stereocenters. The lowest BCUT2D eigenvalue weighted by atomic mass is 9.85. The Morgan fingerprint density at radius 2 is 2.12 bits per heavy atom. The molecule has 0 aliphatic carbocycles. The van der Waals surface area contributed by atoms with E-state index in [1.165, 1.54) is 0 Å². The van der Waals surface area contributed by atoms with Crippen molar-refractivity contribution in [2.45, 2.75) is 33.1 Å². The fourth-order valence-electron chi connectivity index (χ4n) is 2.41. The minimum atomic E-state index is -0.399. The average molecular weight is 362 g/mol. The fourth-order valence-corrected chi connectivity index (χ4v) is 2.85. The zero-order chi connectivity index (χ0) is 18.6. The number of aromatic nitrogens is 2. The van der Waals surface area contributed by atoms with E-state index in [1.807, 2.05) is 39.8 Å². The summed E-state index contributed by atoms with van der Waals surface area (Å²) in [4.78, 5) is 8.75. The van der Waals surface area contributed by atoms with E-state index >= 15 is 0 Å². The molecule has 5 nitrogen and oxygen atoms in total. The average Bonchev–Trinajstić information content (AvgIpc) is 2.55. The Kier molecular flexibility index (Phi) is 6.03. The summed E-state index contributed by atoms with van der Waals surface area (Å²) in [6.45, 7) is 12.1. The number of rotatable bonds is 7. The van der Waals surface area contributed by atoms with Gasteiger partial charge in [-0.2, -0.15) is 0 Å². The lowest BCUT2D eigenvalue weighted by Gasteiger charge is -2.24. The second kappa shape index (κ2) is 7.85. The molecule has 134 valence electrons. The summed E-state index contributed by atoms with van der Waals surface area (Å²) < 4.78 is 5.41. The molecule has 0 saturated heterocycles. The number of nitrogens with zero attached hydrogens (tertiary/aromatic N) is 2. The Balaban J connectivity index is 2.21. The molecular formula is C19H24ClN3O2. The molecule has 25 heavy (non-hydrogen) atoms. The zero-order valence-corrected chi connectivity index (χ0v) is 15.8. The first-order valence-corrected chi connectivity index (χ1v) is 8.50. The number of ether oxygens (including phenoxy) is 1. The third kappa shape index (κ3) is 4.50. The van der Waals surface area contributed by atoms with Gasteiger partial charge in [0.2, 0.25) is 5.95 Å². The smallest absolute Gasteiger partial charge is 0.227 e. The van der Waals surface area contributed by atoms with Crippen LogP contribution in [0.3, 0.4) is 0 Å². The van der Waals surface area contributed by atoms with Gasteiger partial charge >= 0.3 is 0 Å². The predicted molar refractivity (Wildman–Crippen MR) is 102 cm³/mol. The van der Waals surface area contributed by atoms with Crippen molar-refractivity contribution in [1.82, 2.24) is 9.97 Å². The first-order chi connectivity index (χ1) is 11.8. The number of anilines is 2. The highest BCUT2D eigenvalue weighted by molar-refractivity contribution is 6.31. The van der Waals surface area contributed by atoms with Crippen molar-refractivity contribution >= 4 is 29.0 Å². The van der Waals surface area contributed by atoms with Crippen molar-refractivity contribution < 1.29 is 9.84 Å². The molecule has 0 fully saturated rings. The molecule has 1 aromatic heterocycles. The van der Waals surface area contributed by atoms with Crippen LogP contribution in [0.2, 0.25) is 5.02 Å². The Bertz CT molecular complexity index is 775. The number of benzene rings is 1. The highest BCUT2D eigenvalue weighted by atomic mass is 35.5. The van der Waals surface area contributed by atoms with Gasteiger partial charge in [0.05, 0.1) is 24.5 Å². The van der Waals surface area contributed by atoms with E-state index in [-0.39, 0.29) is 6.61 Å². The summed E-state index contributed by atoms with van der Waals surface area (Å²) in [5.74, 6) is 1.03. The molecule has 0 atom stereocenters. The standard InChI is InChI=1S/C19H24ClN3O2/c1-6-25-13(3)15-10-21-18(22-12(15)2)23-14-7-8-16(17(20)9-14)19(4,5)11-24/h7-10,24H,3,6,11H2,1-2,4-5H3,(H,21,22,23). The molecule has 0 amide bonds. The van der Waals surface area contributed by atoms with Crippen molar-refractivity contribution in [2.24, 2.45) is 0 Å². The number of nitrogens with one attached hydrogen (secondary N) is 1. The second-order valence-electron chi connectivity index (χ2n) is 6.41. The Morgan fingerprint density at radius 1 is 1.40 bits per heavy atom. The van der Waals surface area contributed by atoms with Crippen LogP contribution in [-0.4, -0.2) is 28.3 Å². The van der Waals surface area contributed by atoms with Crippen LogP contribution >= 0.6 is 11.6 Å². The molecule has 0 aliphatic rings. The summed E-state index contributed by atoms with van der Waals surface area (Å²) >= 11 is 6.37. The molecule has 0 spiro atoms. The van der Waals surface area contributed by atoms with Crippen molar-refractivity contribution in [3.05, 3.63) is 52.8 Å². The van der Waals surface area contributed by atoms with Crippen molar-refractivity contribution in [2.75, 3.05) is 18.5 Å². The van der Waals surface area contributed by atoms with Crippen LogP contribution in [0.25, 0.3) is 5.76 Å². The molecule has 2 N–H and O–H groups in total. The minimum absolute atomic E-state index is 0.0208. The maximum atomic E-state index is 9.50. The largest absolute Gasteiger partial charge is 0.494 e. The van der Waals surface area contributed by atoms with Gasteiger partial charge in [-0.05, 0) is 31.5 Å². The summed E-state index contributed by atoms with van der Waals surface area (Å²) in [5.41, 5.74) is 2.83. The molecule has 0 radical (unpaired) electrons. The van der Waals surface area contributed by atoms with E-state index in [4.69, 9.17) is 16.3 Å². The van der Waals surface area contributed by atoms with Gasteiger partial charge in [0.15, 0.2) is 0 Å². The highest BCUT2D eigenvalue weighted by Crippen LogP contribution is 2.32. The molecule has 0 aliphatic heterocycles. The monoisotopic (exact) mass is 361 g/mol. The van der Waals surface area contributed by atoms with Crippen LogP contribution in [0.15, 0.2) is 31.0 Å². The summed E-state index contributed by atoms with van der Waals surface area (Å²) in [5, 5.41) is 13.2. The molecule has 1 heterocycles. The molecule has 2 rings (SSSR count). The van der Waals surface area contributed by atoms with Crippen LogP contribution < -0.4 is 5.32 Å². The van der Waals surface area contributed by atoms with E-state index in [1.54, 1.807) is 12.3 Å². The van der Waals surface area contributed by atoms with Crippen LogP contribution in [-0.2, 0) is 10.2 Å². The second-order valence-corrected chi connectivity index (χ2v) is 6.82. The van der Waals surface area contributed by atoms with E-state index in [9.17, 15) is 5.11 Å². The lowest BCUT2D eigenvalue weighted by Crippen LogP contribution is -2.22. The lowest BCUT2D eigenvalue weighted by molar-refractivity contribution is 0.218. The zero-order valence-electron chi connectivity index (χ0n) is 15.1. The van der Waals surface area contributed by atoms with Gasteiger partial charge in [0.1, 0.15) is 5.76 Å². The highest BCUT2D eigenvalue weighted by Gasteiger charge is 2.22. The summed E-state index contributed by atoms with van der Waals surface area (Å²) in [6, 6.07) is 5.60. The quantitative estimate of drug-likeness (QED) is 0.713. The van der Waals surface area contributed by atoms with Gasteiger partial charge in [-0.1, -0.05) is 38.1 Å². The third-order valence-corrected chi connectivity index (χ3v) is 4.26. The van der Waals surface area contributed by atoms with Crippen molar-refractivity contribution in [3.8, 4) is 0 Å². The van der Waals surface area contributed by atoms with Gasteiger partial charge in [-0.25, -0.2) is 9.97 Å². The number of halogens is 1. The molecular weight excluding hydrogens is 338 g/mol. The van der Waals surface area contributed by atoms with Gasteiger partial charge in [-0.15, -0.1) is 0 Å². The maximum Gasteiger partial charge on any atom is 0.227 e. The Labute approximate surface area is 153 Å². The minimum Gasteiger partial charge on any atom is -0.494 e. The SMILES string of the molecule is C=C(OCC)c1cnc(Nc2ccc(C(C)(C)CO)c(Cl)c2)nc1C. The molecule has 0 saturated carbocycles. The predicted octanol–water partition coefficient (Wildman–Crippen LogP) is 4.46. The molecule has 6 heteroatoms. The number of aliphatic hydroxyl groups excluding tert-OH is 1. The summed E-state index contributed by atoms with van der Waals surface area (Å²) in [7, 11) is 0. The number of aliphatic hydroxyl groups is 1. The molecule has 1 aromatic carbocycles. The van der Waals surface area contributed by atoms with Crippen LogP contribution in [0, 0.1) is 6.92 Å². The molecule has 0 bridgehead atoms. The van der Waals surface area contributed by atoms with E-state index in [0.717, 1.165) is 22.5 Å². The summed E-state index contributed by atoms with van der Waals surface area (Å²) in [6.07, 6.45) is 1.69. The first kappa shape index (κ1) is 19.2. The van der Waals surface area contributed by atoms with Crippen LogP contribution in [0.5, 0.6) is 0 Å². The topological polar surface area (TPSA) is 67.3 Å². The van der Waals surface area contributed by atoms with Crippen LogP contribution in [0.4, 0.5) is 11.6 Å². The van der Waals surface area contributed by atoms with E-state index in [0.29, 0.717) is 23.3 Å². The fraction of sp³-hybridized carbons (Fsp3) is 0.368. The Morgan fingerprint density at radius 3 is 2.68 bits per heavy atom. The first-order valence-electron chi connectivity index (χ1n) is 8.12. The number of hydrogen-bond donors (Lipinski definition) is 2. The normalized spacial score (nSPS) is 11.3. The van der Waals surface area contributed by atoms with Gasteiger partial charge < -0.3 is 15.2 Å². The van der Waals surface area contributed by atoms with Crippen molar-refractivity contribution in [1.29, 1.82) is 0 Å². The molecule has 2 aromatic rings. The Hall–Kier alpha value is -2.11. The van der Waals surface area contributed by atoms with Crippen molar-refractivity contribution in [3.63, 3.8) is 0 Å². The van der Waals surface area contributed by atoms with Gasteiger partial charge in [-0.3, -0.25) is 0 Å². The maximum absolute atomic E-state index is 9.50. The number of hydrogen-bond acceptors (Lipinski definition) is 5. The van der Waals surface area contributed by atoms with E-state index in [2.05, 4.69) is 21.9 Å². The van der Waals surface area contributed by atoms with Gasteiger partial charge in [0, 0.05) is 22.3 Å². The number of aryl methyl sites for hydroxylation is 1. The van der Waals surface area contributed by atoms with Gasteiger partial charge in [0.25, 0.3) is 0 Å². The van der Waals surface area contributed by atoms with Crippen LogP contribution in [0.1, 0.15) is 37.6 Å². The third-order valence-electron chi connectivity index (χ3n) is 3.95.